The molecule has 9 nitrogen and oxygen atoms in total. The molecule has 1 aliphatic heterocycles. The second-order valence-corrected chi connectivity index (χ2v) is 11.3. The third-order valence-electron chi connectivity index (χ3n) is 7.60. The van der Waals surface area contributed by atoms with Crippen LogP contribution in [0.2, 0.25) is 10.2 Å². The molecule has 2 aromatic heterocycles. The monoisotopic (exact) mass is 626 g/mol. The van der Waals surface area contributed by atoms with Gasteiger partial charge in [0.1, 0.15) is 0 Å². The highest BCUT2D eigenvalue weighted by molar-refractivity contribution is 6.31. The average molecular weight is 628 g/mol. The molecular weight excluding hydrogens is 599 g/mol. The first-order valence-electron chi connectivity index (χ1n) is 14.1. The molecule has 0 spiro atoms. The fourth-order valence-electron chi connectivity index (χ4n) is 5.47. The van der Waals surface area contributed by atoms with Crippen molar-refractivity contribution < 1.29 is 14.3 Å². The van der Waals surface area contributed by atoms with Crippen LogP contribution in [0.4, 0.5) is 16.2 Å². The molecule has 44 heavy (non-hydrogen) atoms. The van der Waals surface area contributed by atoms with Gasteiger partial charge in [0.25, 0.3) is 0 Å². The minimum Gasteiger partial charge on any atom is -0.453 e. The van der Waals surface area contributed by atoms with Gasteiger partial charge in [-0.25, -0.2) is 9.48 Å². The third-order valence-corrected chi connectivity index (χ3v) is 8.01. The summed E-state index contributed by atoms with van der Waals surface area (Å²) in [7, 11) is 1.30. The quantitative estimate of drug-likeness (QED) is 0.208. The Labute approximate surface area is 264 Å². The van der Waals surface area contributed by atoms with Gasteiger partial charge >= 0.3 is 6.09 Å². The minimum absolute atomic E-state index is 0.0168. The topological polar surface area (TPSA) is 111 Å². The Morgan fingerprint density at radius 1 is 1.00 bits per heavy atom. The molecule has 0 fully saturated rings. The lowest BCUT2D eigenvalue weighted by Crippen LogP contribution is -2.14. The summed E-state index contributed by atoms with van der Waals surface area (Å²) in [6.45, 7) is 0. The number of methoxy groups -OCH3 is 1. The number of hydrogen-bond acceptors (Lipinski definition) is 6. The van der Waals surface area contributed by atoms with E-state index < -0.39 is 6.09 Å². The van der Waals surface area contributed by atoms with Crippen molar-refractivity contribution in [2.24, 2.45) is 0 Å². The Morgan fingerprint density at radius 3 is 2.66 bits per heavy atom. The lowest BCUT2D eigenvalue weighted by atomic mass is 9.87. The number of nitrogens with one attached hydrogen (secondary N) is 2. The number of fused-ring (bicyclic) bond motifs is 4. The molecule has 0 saturated heterocycles. The van der Waals surface area contributed by atoms with E-state index in [9.17, 15) is 9.59 Å². The van der Waals surface area contributed by atoms with Crippen LogP contribution in [0, 0.1) is 0 Å². The van der Waals surface area contributed by atoms with Crippen LogP contribution in [0.3, 0.4) is 0 Å². The van der Waals surface area contributed by atoms with Gasteiger partial charge in [-0.3, -0.25) is 15.1 Å². The number of halogens is 2. The fourth-order valence-corrected chi connectivity index (χ4v) is 5.77. The molecule has 0 radical (unpaired) electrons. The van der Waals surface area contributed by atoms with Crippen LogP contribution >= 0.6 is 23.2 Å². The number of pyridine rings is 1. The van der Waals surface area contributed by atoms with Gasteiger partial charge in [-0.1, -0.05) is 71.2 Å². The van der Waals surface area contributed by atoms with Crippen LogP contribution < -0.4 is 10.6 Å². The van der Waals surface area contributed by atoms with Crippen molar-refractivity contribution in [2.45, 2.75) is 31.6 Å². The van der Waals surface area contributed by atoms with Crippen molar-refractivity contribution in [2.75, 3.05) is 17.7 Å². The Bertz CT molecular complexity index is 1840. The molecule has 1 aliphatic rings. The number of ether oxygens (including phenoxy) is 1. The molecular formula is C33H28Cl2N6O3. The number of benzene rings is 3. The molecule has 222 valence electrons. The summed E-state index contributed by atoms with van der Waals surface area (Å²) in [6.07, 6.45) is 5.69. The van der Waals surface area contributed by atoms with E-state index in [-0.39, 0.29) is 11.8 Å². The van der Waals surface area contributed by atoms with E-state index in [2.05, 4.69) is 33.1 Å². The number of carbonyl (C=O) groups is 2. The normalized spacial score (nSPS) is 14.9. The Morgan fingerprint density at radius 2 is 1.89 bits per heavy atom. The number of nitrogens with zero attached hydrogens (tertiary/aromatic N) is 4. The van der Waals surface area contributed by atoms with Crippen LogP contribution in [0.1, 0.15) is 42.9 Å². The summed E-state index contributed by atoms with van der Waals surface area (Å²) in [6, 6.07) is 23.3. The molecule has 2 bridgehead atoms. The molecule has 5 aromatic rings. The first-order valence-corrected chi connectivity index (χ1v) is 14.9. The summed E-state index contributed by atoms with van der Waals surface area (Å²) in [5.74, 6) is -0.0635. The molecule has 11 heteroatoms. The predicted molar refractivity (Wildman–Crippen MR) is 171 cm³/mol. The van der Waals surface area contributed by atoms with Crippen molar-refractivity contribution in [3.05, 3.63) is 107 Å². The number of carbonyl (C=O) groups excluding carboxylic acids is 2. The summed E-state index contributed by atoms with van der Waals surface area (Å²) >= 11 is 12.4. The van der Waals surface area contributed by atoms with Crippen LogP contribution in [0.25, 0.3) is 27.9 Å². The van der Waals surface area contributed by atoms with Crippen LogP contribution in [0.15, 0.2) is 85.2 Å². The fraction of sp³-hybridized carbons (Fsp3) is 0.182. The van der Waals surface area contributed by atoms with Gasteiger partial charge in [0, 0.05) is 51.6 Å². The minimum atomic E-state index is -0.581. The van der Waals surface area contributed by atoms with Crippen LogP contribution in [-0.4, -0.2) is 39.1 Å². The lowest BCUT2D eigenvalue weighted by Gasteiger charge is -2.21. The molecule has 1 unspecified atom stereocenters. The maximum Gasteiger partial charge on any atom is 0.411 e. The summed E-state index contributed by atoms with van der Waals surface area (Å²) in [4.78, 5) is 29.6. The maximum atomic E-state index is 12.9. The van der Waals surface area contributed by atoms with E-state index in [0.717, 1.165) is 58.5 Å². The number of amides is 2. The molecule has 1 atom stereocenters. The zero-order valence-corrected chi connectivity index (χ0v) is 25.3. The van der Waals surface area contributed by atoms with Crippen molar-refractivity contribution in [3.63, 3.8) is 0 Å². The van der Waals surface area contributed by atoms with E-state index in [1.165, 1.54) is 7.11 Å². The van der Waals surface area contributed by atoms with Gasteiger partial charge in [0.2, 0.25) is 5.91 Å². The first-order chi connectivity index (χ1) is 21.4. The smallest absolute Gasteiger partial charge is 0.411 e. The van der Waals surface area contributed by atoms with E-state index >= 15 is 0 Å². The molecule has 2 N–H and O–H groups in total. The van der Waals surface area contributed by atoms with Crippen molar-refractivity contribution in [1.29, 1.82) is 0 Å². The Balaban J connectivity index is 1.36. The number of anilines is 2. The predicted octanol–water partition coefficient (Wildman–Crippen LogP) is 8.13. The van der Waals surface area contributed by atoms with E-state index in [1.807, 2.05) is 48.7 Å². The molecule has 0 aliphatic carbocycles. The van der Waals surface area contributed by atoms with Crippen molar-refractivity contribution >= 4 is 46.6 Å². The Hall–Kier alpha value is -4.73. The second kappa shape index (κ2) is 12.9. The highest BCUT2D eigenvalue weighted by Crippen LogP contribution is 2.37. The molecule has 3 aromatic carbocycles. The van der Waals surface area contributed by atoms with E-state index in [0.29, 0.717) is 28.0 Å². The standard InChI is InChI=1S/C33H28Cl2N6O3/c1-44-33(43)37-24-11-12-26-21-6-4-5-20(15-21)25(7-2-3-8-32(42)38-29(26)17-24)28-13-9-22(18-36-28)27-16-23(34)10-14-30(27)41-19-31(35)39-40-41/h4-6,9-19,25H,2-3,7-8H2,1H3,(H,37,43)(H,38,42). The highest BCUT2D eigenvalue weighted by atomic mass is 35.5. The third kappa shape index (κ3) is 6.44. The lowest BCUT2D eigenvalue weighted by molar-refractivity contribution is -0.116. The average Bonchev–Trinajstić information content (AvgIpc) is 3.46. The summed E-state index contributed by atoms with van der Waals surface area (Å²) in [5, 5.41) is 14.6. The van der Waals surface area contributed by atoms with Gasteiger partial charge in [-0.15, -0.1) is 5.10 Å². The summed E-state index contributed by atoms with van der Waals surface area (Å²) < 4.78 is 6.34. The SMILES string of the molecule is COC(=O)Nc1ccc2c(c1)NC(=O)CCCCC(c1ccc(-c3cc(Cl)ccc3-n3cc(Cl)nn3)cn1)c1cccc-2c1. The van der Waals surface area contributed by atoms with E-state index in [1.54, 1.807) is 29.1 Å². The molecule has 6 rings (SSSR count). The Kier molecular flexibility index (Phi) is 8.58. The zero-order chi connectivity index (χ0) is 30.6. The molecule has 0 saturated carbocycles. The molecule has 2 amide bonds. The van der Waals surface area contributed by atoms with Crippen molar-refractivity contribution in [1.82, 2.24) is 20.0 Å². The van der Waals surface area contributed by atoms with Crippen molar-refractivity contribution in [3.8, 4) is 27.9 Å². The van der Waals surface area contributed by atoms with Gasteiger partial charge in [0.05, 0.1) is 24.7 Å². The van der Waals surface area contributed by atoms with Gasteiger partial charge < -0.3 is 10.1 Å². The van der Waals surface area contributed by atoms with Gasteiger partial charge in [0.15, 0.2) is 5.15 Å². The number of aromatic nitrogens is 4. The number of rotatable bonds is 4. The van der Waals surface area contributed by atoms with E-state index in [4.69, 9.17) is 32.9 Å². The van der Waals surface area contributed by atoms with Crippen LogP contribution in [0.5, 0.6) is 0 Å². The van der Waals surface area contributed by atoms with Crippen LogP contribution in [-0.2, 0) is 9.53 Å². The van der Waals surface area contributed by atoms with Gasteiger partial charge in [-0.05, 0) is 60.4 Å². The largest absolute Gasteiger partial charge is 0.453 e. The maximum absolute atomic E-state index is 12.9. The first kappa shape index (κ1) is 29.3. The number of hydrogen-bond donors (Lipinski definition) is 2. The highest BCUT2D eigenvalue weighted by Gasteiger charge is 2.20. The zero-order valence-electron chi connectivity index (χ0n) is 23.8. The second-order valence-electron chi connectivity index (χ2n) is 10.5. The molecule has 3 heterocycles. The summed E-state index contributed by atoms with van der Waals surface area (Å²) in [5.41, 5.74) is 7.49. The van der Waals surface area contributed by atoms with Gasteiger partial charge in [-0.2, -0.15) is 0 Å².